The number of carbonyl (C=O) groups excluding carboxylic acids is 2. The van der Waals surface area contributed by atoms with Crippen molar-refractivity contribution in [2.75, 3.05) is 0 Å². The van der Waals surface area contributed by atoms with Gasteiger partial charge in [-0.2, -0.15) is 5.26 Å². The van der Waals surface area contributed by atoms with Crippen molar-refractivity contribution in [3.8, 4) is 6.07 Å². The molecule has 16 heavy (non-hydrogen) atoms. The minimum absolute atomic E-state index is 0.139. The molecule has 0 aliphatic heterocycles. The fourth-order valence-corrected chi connectivity index (χ4v) is 1.31. The van der Waals surface area contributed by atoms with Crippen LogP contribution in [0.5, 0.6) is 0 Å². The van der Waals surface area contributed by atoms with Gasteiger partial charge in [-0.3, -0.25) is 9.59 Å². The molecule has 0 aromatic heterocycles. The third-order valence-corrected chi connectivity index (χ3v) is 2.07. The lowest BCUT2D eigenvalue weighted by atomic mass is 9.97. The molecule has 1 aromatic rings. The Morgan fingerprint density at radius 1 is 1.50 bits per heavy atom. The van der Waals surface area contributed by atoms with Crippen LogP contribution in [0.25, 0.3) is 0 Å². The average Bonchev–Trinajstić information content (AvgIpc) is 2.26. The number of nitriles is 1. The van der Waals surface area contributed by atoms with Crippen LogP contribution in [0.1, 0.15) is 45.2 Å². The molecular weight excluding hydrogens is 216 g/mol. The van der Waals surface area contributed by atoms with Gasteiger partial charge in [0.05, 0.1) is 11.6 Å². The fourth-order valence-electron chi connectivity index (χ4n) is 1.31. The van der Waals surface area contributed by atoms with E-state index >= 15 is 0 Å². The van der Waals surface area contributed by atoms with E-state index < -0.39 is 17.8 Å². The highest BCUT2D eigenvalue weighted by Crippen LogP contribution is 2.24. The molecule has 0 N–H and O–H groups in total. The van der Waals surface area contributed by atoms with Crippen LogP contribution in [-0.4, -0.2) is 12.1 Å². The summed E-state index contributed by atoms with van der Waals surface area (Å²) in [7, 11) is 0. The number of hydrogen-bond acceptors (Lipinski definition) is 3. The Balaban J connectivity index is 3.57. The molecule has 0 amide bonds. The maximum atomic E-state index is 12.5. The van der Waals surface area contributed by atoms with E-state index in [9.17, 15) is 18.4 Å². The summed E-state index contributed by atoms with van der Waals surface area (Å²) >= 11 is 0. The Hall–Kier alpha value is -2.09. The summed E-state index contributed by atoms with van der Waals surface area (Å²) in [5.41, 5.74) is -0.936. The van der Waals surface area contributed by atoms with Crippen molar-refractivity contribution in [2.24, 2.45) is 0 Å². The van der Waals surface area contributed by atoms with Gasteiger partial charge >= 0.3 is 0 Å². The zero-order valence-corrected chi connectivity index (χ0v) is 8.33. The summed E-state index contributed by atoms with van der Waals surface area (Å²) < 4.78 is 24.9. The first-order chi connectivity index (χ1) is 7.51. The maximum absolute atomic E-state index is 12.5. The Morgan fingerprint density at radius 2 is 2.12 bits per heavy atom. The zero-order chi connectivity index (χ0) is 12.3. The minimum Gasteiger partial charge on any atom is -0.298 e. The molecule has 1 rings (SSSR count). The number of ketones is 1. The third-order valence-electron chi connectivity index (χ3n) is 2.07. The van der Waals surface area contributed by atoms with E-state index in [0.717, 1.165) is 19.1 Å². The van der Waals surface area contributed by atoms with Crippen LogP contribution in [0.4, 0.5) is 8.78 Å². The zero-order valence-electron chi connectivity index (χ0n) is 8.33. The van der Waals surface area contributed by atoms with Gasteiger partial charge in [-0.05, 0) is 19.1 Å². The lowest BCUT2D eigenvalue weighted by Crippen LogP contribution is -2.04. The van der Waals surface area contributed by atoms with Crippen LogP contribution < -0.4 is 0 Å². The van der Waals surface area contributed by atoms with E-state index in [1.54, 1.807) is 6.07 Å². The number of rotatable bonds is 3. The van der Waals surface area contributed by atoms with E-state index in [1.807, 2.05) is 0 Å². The van der Waals surface area contributed by atoms with Gasteiger partial charge in [-0.15, -0.1) is 0 Å². The van der Waals surface area contributed by atoms with E-state index in [-0.39, 0.29) is 16.7 Å². The Bertz CT molecular complexity index is 489. The quantitative estimate of drug-likeness (QED) is 0.584. The van der Waals surface area contributed by atoms with Crippen molar-refractivity contribution in [1.29, 1.82) is 5.26 Å². The second-order valence-electron chi connectivity index (χ2n) is 3.12. The Morgan fingerprint density at radius 3 is 2.50 bits per heavy atom. The van der Waals surface area contributed by atoms with Gasteiger partial charge < -0.3 is 0 Å². The van der Waals surface area contributed by atoms with E-state index in [2.05, 4.69) is 0 Å². The number of halogens is 2. The van der Waals surface area contributed by atoms with Crippen LogP contribution >= 0.6 is 0 Å². The number of hydrogen-bond donors (Lipinski definition) is 0. The van der Waals surface area contributed by atoms with Crippen LogP contribution in [0.15, 0.2) is 12.1 Å². The van der Waals surface area contributed by atoms with Crippen molar-refractivity contribution in [1.82, 2.24) is 0 Å². The summed E-state index contributed by atoms with van der Waals surface area (Å²) in [6.07, 6.45) is -2.46. The van der Waals surface area contributed by atoms with Crippen molar-refractivity contribution in [2.45, 2.75) is 13.3 Å². The molecule has 1 aromatic carbocycles. The van der Waals surface area contributed by atoms with Crippen molar-refractivity contribution in [3.63, 3.8) is 0 Å². The first kappa shape index (κ1) is 12.0. The van der Waals surface area contributed by atoms with Gasteiger partial charge in [-0.1, -0.05) is 0 Å². The number of nitrogens with zero attached hydrogens (tertiary/aromatic N) is 1. The lowest BCUT2D eigenvalue weighted by Gasteiger charge is -2.06. The predicted octanol–water partition coefficient (Wildman–Crippen LogP) is 2.51. The van der Waals surface area contributed by atoms with Crippen molar-refractivity contribution >= 4 is 12.1 Å². The predicted molar refractivity (Wildman–Crippen MR) is 51.5 cm³/mol. The first-order valence-electron chi connectivity index (χ1n) is 4.33. The third kappa shape index (κ3) is 2.11. The molecule has 0 saturated carbocycles. The molecule has 0 bridgehead atoms. The first-order valence-corrected chi connectivity index (χ1v) is 4.33. The molecule has 0 unspecified atom stereocenters. The van der Waals surface area contributed by atoms with Crippen LogP contribution in [0.3, 0.4) is 0 Å². The van der Waals surface area contributed by atoms with E-state index in [4.69, 9.17) is 5.26 Å². The van der Waals surface area contributed by atoms with E-state index in [0.29, 0.717) is 6.29 Å². The van der Waals surface area contributed by atoms with Crippen LogP contribution in [0.2, 0.25) is 0 Å². The number of benzene rings is 1. The molecule has 0 fully saturated rings. The van der Waals surface area contributed by atoms with Crippen molar-refractivity contribution in [3.05, 3.63) is 34.4 Å². The minimum atomic E-state index is -2.79. The molecule has 0 heterocycles. The monoisotopic (exact) mass is 223 g/mol. The molecular formula is C11H7F2NO2. The fraction of sp³-hybridized carbons (Fsp3) is 0.182. The maximum Gasteiger partial charge on any atom is 0.263 e. The van der Waals surface area contributed by atoms with Gasteiger partial charge in [0.2, 0.25) is 0 Å². The molecule has 5 heteroatoms. The molecule has 0 aliphatic carbocycles. The number of alkyl halides is 2. The largest absolute Gasteiger partial charge is 0.298 e. The summed E-state index contributed by atoms with van der Waals surface area (Å²) in [5.74, 6) is -0.527. The molecule has 0 radical (unpaired) electrons. The number of carbonyl (C=O) groups is 2. The standard InChI is InChI=1S/C11H7F2NO2/c1-6(16)9-3-7(11(12)13)2-8(4-14)10(9)5-15/h2-3,5,11H,1H3. The summed E-state index contributed by atoms with van der Waals surface area (Å²) in [5, 5.41) is 8.70. The number of Topliss-reactive ketones (excluding diaryl/α,β-unsaturated/α-hetero) is 1. The average molecular weight is 223 g/mol. The molecule has 0 aliphatic rings. The SMILES string of the molecule is CC(=O)c1cc(C(F)F)cc(C#N)c1C=O. The second-order valence-corrected chi connectivity index (χ2v) is 3.12. The number of aldehydes is 1. The molecule has 0 saturated heterocycles. The molecule has 0 atom stereocenters. The van der Waals surface area contributed by atoms with Gasteiger partial charge in [0.25, 0.3) is 6.43 Å². The summed E-state index contributed by atoms with van der Waals surface area (Å²) in [4.78, 5) is 21.9. The highest BCUT2D eigenvalue weighted by Gasteiger charge is 2.17. The van der Waals surface area contributed by atoms with Crippen molar-refractivity contribution < 1.29 is 18.4 Å². The second kappa shape index (κ2) is 4.62. The Kier molecular flexibility index (Phi) is 3.46. The Labute approximate surface area is 90.3 Å². The summed E-state index contributed by atoms with van der Waals surface area (Å²) in [6.45, 7) is 1.15. The van der Waals surface area contributed by atoms with Gasteiger partial charge in [0, 0.05) is 16.7 Å². The smallest absolute Gasteiger partial charge is 0.263 e. The van der Waals surface area contributed by atoms with Gasteiger partial charge in [0.1, 0.15) is 0 Å². The highest BCUT2D eigenvalue weighted by atomic mass is 19.3. The van der Waals surface area contributed by atoms with Crippen LogP contribution in [-0.2, 0) is 0 Å². The van der Waals surface area contributed by atoms with Gasteiger partial charge in [0.15, 0.2) is 12.1 Å². The van der Waals surface area contributed by atoms with E-state index in [1.165, 1.54) is 0 Å². The molecule has 82 valence electrons. The lowest BCUT2D eigenvalue weighted by molar-refractivity contribution is 0.100. The highest BCUT2D eigenvalue weighted by molar-refractivity contribution is 6.02. The van der Waals surface area contributed by atoms with Gasteiger partial charge in [-0.25, -0.2) is 8.78 Å². The topological polar surface area (TPSA) is 57.9 Å². The summed E-state index contributed by atoms with van der Waals surface area (Å²) in [6, 6.07) is 3.48. The van der Waals surface area contributed by atoms with Crippen LogP contribution in [0, 0.1) is 11.3 Å². The molecule has 3 nitrogen and oxygen atoms in total. The molecule has 0 spiro atoms. The normalized spacial score (nSPS) is 9.94.